The SMILES string of the molecule is CCN(CC(F)(F)F)C(=O)c1cc(C)ccc1NC. The molecule has 0 heterocycles. The van der Waals surface area contributed by atoms with Crippen LogP contribution in [0.5, 0.6) is 0 Å². The standard InChI is InChI=1S/C13H17F3N2O/c1-4-18(8-13(14,15)16)12(19)10-7-9(2)5-6-11(10)17-3/h5-7,17H,4,8H2,1-3H3. The van der Waals surface area contributed by atoms with Crippen molar-refractivity contribution in [3.8, 4) is 0 Å². The maximum Gasteiger partial charge on any atom is 0.406 e. The number of anilines is 1. The van der Waals surface area contributed by atoms with Gasteiger partial charge in [-0.05, 0) is 26.0 Å². The third-order valence-corrected chi connectivity index (χ3v) is 2.71. The summed E-state index contributed by atoms with van der Waals surface area (Å²) in [5.74, 6) is -0.618. The number of hydrogen-bond donors (Lipinski definition) is 1. The predicted molar refractivity (Wildman–Crippen MR) is 68.4 cm³/mol. The average Bonchev–Trinajstić information content (AvgIpc) is 2.34. The lowest BCUT2D eigenvalue weighted by atomic mass is 10.1. The highest BCUT2D eigenvalue weighted by atomic mass is 19.4. The Morgan fingerprint density at radius 2 is 2.00 bits per heavy atom. The summed E-state index contributed by atoms with van der Waals surface area (Å²) in [5, 5.41) is 2.82. The van der Waals surface area contributed by atoms with Crippen molar-refractivity contribution in [3.05, 3.63) is 29.3 Å². The van der Waals surface area contributed by atoms with E-state index in [0.29, 0.717) is 5.69 Å². The molecule has 0 aliphatic carbocycles. The van der Waals surface area contributed by atoms with Crippen LogP contribution in [0.2, 0.25) is 0 Å². The van der Waals surface area contributed by atoms with E-state index in [2.05, 4.69) is 5.32 Å². The lowest BCUT2D eigenvalue weighted by Crippen LogP contribution is -2.39. The number of alkyl halides is 3. The molecule has 1 rings (SSSR count). The van der Waals surface area contributed by atoms with E-state index >= 15 is 0 Å². The smallest absolute Gasteiger partial charge is 0.387 e. The van der Waals surface area contributed by atoms with Gasteiger partial charge in [-0.25, -0.2) is 0 Å². The van der Waals surface area contributed by atoms with Crippen LogP contribution in [-0.4, -0.2) is 37.1 Å². The second kappa shape index (κ2) is 5.95. The molecular formula is C13H17F3N2O. The summed E-state index contributed by atoms with van der Waals surface area (Å²) in [6, 6.07) is 5.07. The first-order valence-electron chi connectivity index (χ1n) is 5.93. The first-order chi connectivity index (χ1) is 8.78. The summed E-state index contributed by atoms with van der Waals surface area (Å²) in [6.45, 7) is 2.09. The molecule has 0 radical (unpaired) electrons. The topological polar surface area (TPSA) is 32.3 Å². The highest BCUT2D eigenvalue weighted by molar-refractivity contribution is 5.99. The number of benzene rings is 1. The maximum atomic E-state index is 12.4. The van der Waals surface area contributed by atoms with E-state index in [4.69, 9.17) is 0 Å². The van der Waals surface area contributed by atoms with Crippen LogP contribution in [0, 0.1) is 6.92 Å². The number of nitrogens with zero attached hydrogens (tertiary/aromatic N) is 1. The Balaban J connectivity index is 3.06. The number of carbonyl (C=O) groups excluding carboxylic acids is 1. The third kappa shape index (κ3) is 4.15. The number of rotatable bonds is 4. The fraction of sp³-hybridized carbons (Fsp3) is 0.462. The van der Waals surface area contributed by atoms with Gasteiger partial charge in [0.1, 0.15) is 6.54 Å². The Labute approximate surface area is 110 Å². The largest absolute Gasteiger partial charge is 0.406 e. The summed E-state index contributed by atoms with van der Waals surface area (Å²) in [4.78, 5) is 13.0. The Bertz CT molecular complexity index is 458. The minimum Gasteiger partial charge on any atom is -0.387 e. The van der Waals surface area contributed by atoms with E-state index in [1.165, 1.54) is 6.92 Å². The van der Waals surface area contributed by atoms with Gasteiger partial charge in [-0.1, -0.05) is 11.6 Å². The van der Waals surface area contributed by atoms with Crippen LogP contribution in [0.1, 0.15) is 22.8 Å². The molecule has 0 bridgehead atoms. The second-order valence-electron chi connectivity index (χ2n) is 4.23. The normalized spacial score (nSPS) is 11.3. The molecule has 0 unspecified atom stereocenters. The van der Waals surface area contributed by atoms with Gasteiger partial charge in [0.2, 0.25) is 0 Å². The Kier molecular flexibility index (Phi) is 4.80. The summed E-state index contributed by atoms with van der Waals surface area (Å²) >= 11 is 0. The Morgan fingerprint density at radius 3 is 2.47 bits per heavy atom. The lowest BCUT2D eigenvalue weighted by molar-refractivity contribution is -0.140. The minimum absolute atomic E-state index is 0.00936. The van der Waals surface area contributed by atoms with Crippen LogP contribution in [0.3, 0.4) is 0 Å². The van der Waals surface area contributed by atoms with Gasteiger partial charge in [-0.2, -0.15) is 13.2 Å². The zero-order valence-corrected chi connectivity index (χ0v) is 11.1. The van der Waals surface area contributed by atoms with Gasteiger partial charge in [0.15, 0.2) is 0 Å². The Morgan fingerprint density at radius 1 is 1.37 bits per heavy atom. The van der Waals surface area contributed by atoms with Crippen molar-refractivity contribution in [3.63, 3.8) is 0 Å². The van der Waals surface area contributed by atoms with E-state index < -0.39 is 18.6 Å². The van der Waals surface area contributed by atoms with Crippen molar-refractivity contribution in [2.24, 2.45) is 0 Å². The molecule has 0 saturated carbocycles. The summed E-state index contributed by atoms with van der Waals surface area (Å²) in [7, 11) is 1.63. The number of nitrogens with one attached hydrogen (secondary N) is 1. The van der Waals surface area contributed by atoms with Gasteiger partial charge in [-0.3, -0.25) is 4.79 Å². The molecule has 6 heteroatoms. The number of halogens is 3. The van der Waals surface area contributed by atoms with Crippen molar-refractivity contribution in [1.82, 2.24) is 4.90 Å². The quantitative estimate of drug-likeness (QED) is 0.915. The number of carbonyl (C=O) groups is 1. The Hall–Kier alpha value is -1.72. The number of hydrogen-bond acceptors (Lipinski definition) is 2. The number of aryl methyl sites for hydroxylation is 1. The van der Waals surface area contributed by atoms with E-state index in [1.54, 1.807) is 32.2 Å². The van der Waals surface area contributed by atoms with Crippen molar-refractivity contribution in [2.75, 3.05) is 25.5 Å². The molecule has 0 aromatic heterocycles. The van der Waals surface area contributed by atoms with Gasteiger partial charge < -0.3 is 10.2 Å². The molecule has 1 aromatic carbocycles. The average molecular weight is 274 g/mol. The molecule has 0 spiro atoms. The van der Waals surface area contributed by atoms with Gasteiger partial charge in [-0.15, -0.1) is 0 Å². The molecule has 1 aromatic rings. The molecule has 0 saturated heterocycles. The molecule has 0 aliphatic rings. The van der Waals surface area contributed by atoms with Gasteiger partial charge in [0, 0.05) is 19.3 Å². The zero-order chi connectivity index (χ0) is 14.6. The predicted octanol–water partition coefficient (Wildman–Crippen LogP) is 3.06. The zero-order valence-electron chi connectivity index (χ0n) is 11.1. The molecule has 0 atom stereocenters. The first-order valence-corrected chi connectivity index (χ1v) is 5.93. The minimum atomic E-state index is -4.39. The third-order valence-electron chi connectivity index (χ3n) is 2.71. The van der Waals surface area contributed by atoms with Crippen LogP contribution in [0.25, 0.3) is 0 Å². The fourth-order valence-corrected chi connectivity index (χ4v) is 1.77. The highest BCUT2D eigenvalue weighted by Crippen LogP contribution is 2.22. The van der Waals surface area contributed by atoms with Crippen LogP contribution in [0.4, 0.5) is 18.9 Å². The summed E-state index contributed by atoms with van der Waals surface area (Å²) in [6.07, 6.45) is -4.39. The van der Waals surface area contributed by atoms with Crippen LogP contribution >= 0.6 is 0 Å². The maximum absolute atomic E-state index is 12.4. The van der Waals surface area contributed by atoms with E-state index in [-0.39, 0.29) is 12.1 Å². The van der Waals surface area contributed by atoms with E-state index in [9.17, 15) is 18.0 Å². The molecule has 1 N–H and O–H groups in total. The molecule has 0 aliphatic heterocycles. The molecule has 3 nitrogen and oxygen atoms in total. The molecule has 106 valence electrons. The van der Waals surface area contributed by atoms with Crippen molar-refractivity contribution >= 4 is 11.6 Å². The fourth-order valence-electron chi connectivity index (χ4n) is 1.77. The van der Waals surface area contributed by atoms with E-state index in [0.717, 1.165) is 10.5 Å². The van der Waals surface area contributed by atoms with E-state index in [1.807, 2.05) is 0 Å². The second-order valence-corrected chi connectivity index (χ2v) is 4.23. The summed E-state index contributed by atoms with van der Waals surface area (Å²) in [5.41, 5.74) is 1.61. The van der Waals surface area contributed by atoms with Gasteiger partial charge >= 0.3 is 6.18 Å². The highest BCUT2D eigenvalue weighted by Gasteiger charge is 2.33. The van der Waals surface area contributed by atoms with Crippen molar-refractivity contribution < 1.29 is 18.0 Å². The lowest BCUT2D eigenvalue weighted by Gasteiger charge is -2.23. The molecular weight excluding hydrogens is 257 g/mol. The van der Waals surface area contributed by atoms with Gasteiger partial charge in [0.25, 0.3) is 5.91 Å². The summed E-state index contributed by atoms with van der Waals surface area (Å²) < 4.78 is 37.3. The van der Waals surface area contributed by atoms with Gasteiger partial charge in [0.05, 0.1) is 5.56 Å². The molecule has 19 heavy (non-hydrogen) atoms. The van der Waals surface area contributed by atoms with Crippen LogP contribution < -0.4 is 5.32 Å². The number of amides is 1. The van der Waals surface area contributed by atoms with Crippen molar-refractivity contribution in [1.29, 1.82) is 0 Å². The van der Waals surface area contributed by atoms with Crippen LogP contribution in [-0.2, 0) is 0 Å². The monoisotopic (exact) mass is 274 g/mol. The molecule has 0 fully saturated rings. The van der Waals surface area contributed by atoms with Crippen LogP contribution in [0.15, 0.2) is 18.2 Å². The van der Waals surface area contributed by atoms with Crippen molar-refractivity contribution in [2.45, 2.75) is 20.0 Å². The molecule has 1 amide bonds. The first kappa shape index (κ1) is 15.3.